The lowest BCUT2D eigenvalue weighted by molar-refractivity contribution is 0.0950. The Bertz CT molecular complexity index is 797. The number of benzene rings is 2. The molecule has 1 aliphatic rings. The maximum atomic E-state index is 12.7. The van der Waals surface area contributed by atoms with E-state index in [1.807, 2.05) is 36.4 Å². The Kier molecular flexibility index (Phi) is 7.06. The average molecular weight is 381 g/mol. The van der Waals surface area contributed by atoms with Gasteiger partial charge in [-0.2, -0.15) is 0 Å². The van der Waals surface area contributed by atoms with Gasteiger partial charge in [-0.1, -0.05) is 24.3 Å². The number of hydrogen-bond donors (Lipinski definition) is 2. The predicted octanol–water partition coefficient (Wildman–Crippen LogP) is 3.41. The van der Waals surface area contributed by atoms with E-state index in [2.05, 4.69) is 47.4 Å². The molecule has 28 heavy (non-hydrogen) atoms. The van der Waals surface area contributed by atoms with Gasteiger partial charge in [0, 0.05) is 38.4 Å². The maximum absolute atomic E-state index is 12.7. The molecule has 0 radical (unpaired) electrons. The number of nitrogens with zero attached hydrogens (tertiary/aromatic N) is 2. The highest BCUT2D eigenvalue weighted by molar-refractivity contribution is 6.00. The highest BCUT2D eigenvalue weighted by Gasteiger charge is 2.14. The minimum Gasteiger partial charge on any atom is -0.355 e. The molecule has 0 aromatic heterocycles. The van der Waals surface area contributed by atoms with Gasteiger partial charge in [0.25, 0.3) is 5.91 Å². The number of piperazine rings is 1. The number of carbonyl (C=O) groups excluding carboxylic acids is 1. The van der Waals surface area contributed by atoms with Gasteiger partial charge < -0.3 is 20.4 Å². The number of carbonyl (C=O) groups is 1. The van der Waals surface area contributed by atoms with Gasteiger partial charge in [-0.25, -0.2) is 0 Å². The zero-order valence-corrected chi connectivity index (χ0v) is 17.3. The molecule has 0 atom stereocenters. The molecule has 1 saturated heterocycles. The quantitative estimate of drug-likeness (QED) is 0.723. The Morgan fingerprint density at radius 1 is 0.964 bits per heavy atom. The van der Waals surface area contributed by atoms with Gasteiger partial charge in [0.15, 0.2) is 0 Å². The van der Waals surface area contributed by atoms with E-state index < -0.39 is 0 Å². The molecule has 5 heteroatoms. The molecule has 1 amide bonds. The normalized spacial score (nSPS) is 15.4. The van der Waals surface area contributed by atoms with E-state index in [1.165, 1.54) is 11.1 Å². The van der Waals surface area contributed by atoms with Crippen LogP contribution in [-0.4, -0.2) is 62.0 Å². The third kappa shape index (κ3) is 5.33. The van der Waals surface area contributed by atoms with Gasteiger partial charge in [-0.15, -0.1) is 0 Å². The summed E-state index contributed by atoms with van der Waals surface area (Å²) < 4.78 is 0. The van der Waals surface area contributed by atoms with E-state index in [0.29, 0.717) is 12.1 Å². The molecule has 0 spiro atoms. The first kappa shape index (κ1) is 20.4. The van der Waals surface area contributed by atoms with Gasteiger partial charge >= 0.3 is 0 Å². The van der Waals surface area contributed by atoms with Crippen LogP contribution >= 0.6 is 0 Å². The fraction of sp³-hybridized carbons (Fsp3) is 0.435. The van der Waals surface area contributed by atoms with Gasteiger partial charge in [0.2, 0.25) is 0 Å². The molecule has 1 fully saturated rings. The zero-order chi connectivity index (χ0) is 19.9. The summed E-state index contributed by atoms with van der Waals surface area (Å²) in [6, 6.07) is 13.9. The number of amides is 1. The van der Waals surface area contributed by atoms with Crippen molar-refractivity contribution in [2.24, 2.45) is 0 Å². The molecule has 150 valence electrons. The maximum Gasteiger partial charge on any atom is 0.253 e. The lowest BCUT2D eigenvalue weighted by atomic mass is 10.1. The molecular formula is C23H32N4O. The Hall–Kier alpha value is -2.37. The van der Waals surface area contributed by atoms with Crippen LogP contribution < -0.4 is 10.6 Å². The monoisotopic (exact) mass is 380 g/mol. The number of hydrogen-bond acceptors (Lipinski definition) is 4. The summed E-state index contributed by atoms with van der Waals surface area (Å²) in [6.07, 6.45) is 0.974. The molecule has 0 saturated carbocycles. The first-order chi connectivity index (χ1) is 13.5. The van der Waals surface area contributed by atoms with Crippen LogP contribution in [0.3, 0.4) is 0 Å². The van der Waals surface area contributed by atoms with Crippen molar-refractivity contribution in [3.05, 3.63) is 59.2 Å². The van der Waals surface area contributed by atoms with Crippen LogP contribution in [0.25, 0.3) is 0 Å². The second-order valence-corrected chi connectivity index (χ2v) is 7.67. The van der Waals surface area contributed by atoms with E-state index >= 15 is 0 Å². The first-order valence-electron chi connectivity index (χ1n) is 10.2. The molecule has 0 aliphatic carbocycles. The number of aryl methyl sites for hydroxylation is 1. The number of anilines is 2. The topological polar surface area (TPSA) is 47.6 Å². The summed E-state index contributed by atoms with van der Waals surface area (Å²) in [5.41, 5.74) is 4.99. The van der Waals surface area contributed by atoms with Crippen molar-refractivity contribution in [1.82, 2.24) is 15.1 Å². The van der Waals surface area contributed by atoms with Crippen LogP contribution in [-0.2, 0) is 0 Å². The Morgan fingerprint density at radius 2 is 1.68 bits per heavy atom. The van der Waals surface area contributed by atoms with E-state index in [-0.39, 0.29) is 5.91 Å². The van der Waals surface area contributed by atoms with Crippen molar-refractivity contribution in [2.45, 2.75) is 20.3 Å². The van der Waals surface area contributed by atoms with E-state index in [4.69, 9.17) is 0 Å². The molecule has 0 unspecified atom stereocenters. The Labute approximate surface area is 168 Å². The van der Waals surface area contributed by atoms with Gasteiger partial charge in [0.05, 0.1) is 11.3 Å². The average Bonchev–Trinajstić information content (AvgIpc) is 2.70. The van der Waals surface area contributed by atoms with Crippen molar-refractivity contribution in [1.29, 1.82) is 0 Å². The molecule has 0 bridgehead atoms. The lowest BCUT2D eigenvalue weighted by Crippen LogP contribution is -2.45. The fourth-order valence-corrected chi connectivity index (χ4v) is 3.49. The smallest absolute Gasteiger partial charge is 0.253 e. The third-order valence-corrected chi connectivity index (χ3v) is 5.58. The van der Waals surface area contributed by atoms with E-state index in [9.17, 15) is 4.79 Å². The van der Waals surface area contributed by atoms with Gasteiger partial charge in [-0.3, -0.25) is 4.79 Å². The van der Waals surface area contributed by atoms with Crippen molar-refractivity contribution in [3.63, 3.8) is 0 Å². The highest BCUT2D eigenvalue weighted by atomic mass is 16.1. The van der Waals surface area contributed by atoms with Crippen molar-refractivity contribution >= 4 is 17.3 Å². The van der Waals surface area contributed by atoms with Crippen molar-refractivity contribution < 1.29 is 4.79 Å². The molecule has 1 heterocycles. The summed E-state index contributed by atoms with van der Waals surface area (Å²) in [6.45, 7) is 10.4. The lowest BCUT2D eigenvalue weighted by Gasteiger charge is -2.32. The number of para-hydroxylation sites is 1. The van der Waals surface area contributed by atoms with Crippen LogP contribution in [0.2, 0.25) is 0 Å². The molecule has 5 nitrogen and oxygen atoms in total. The van der Waals surface area contributed by atoms with E-state index in [1.54, 1.807) is 0 Å². The minimum absolute atomic E-state index is 0.0215. The highest BCUT2D eigenvalue weighted by Crippen LogP contribution is 2.25. The summed E-state index contributed by atoms with van der Waals surface area (Å²) in [7, 11) is 2.17. The number of likely N-dealkylation sites (N-methyl/N-ethyl adjacent to an activating group) is 1. The van der Waals surface area contributed by atoms with Crippen LogP contribution in [0.4, 0.5) is 11.4 Å². The first-order valence-corrected chi connectivity index (χ1v) is 10.2. The largest absolute Gasteiger partial charge is 0.355 e. The second-order valence-electron chi connectivity index (χ2n) is 7.67. The molecule has 3 rings (SSSR count). The molecule has 2 N–H and O–H groups in total. The summed E-state index contributed by atoms with van der Waals surface area (Å²) in [5.74, 6) is -0.0215. The zero-order valence-electron chi connectivity index (χ0n) is 17.3. The summed E-state index contributed by atoms with van der Waals surface area (Å²) in [4.78, 5) is 17.6. The molecule has 1 aliphatic heterocycles. The van der Waals surface area contributed by atoms with Crippen LogP contribution in [0.15, 0.2) is 42.5 Å². The fourth-order valence-electron chi connectivity index (χ4n) is 3.49. The SMILES string of the molecule is Cc1cccc(Nc2ccccc2C(=O)NCCCN2CCN(C)CC2)c1C. The van der Waals surface area contributed by atoms with Crippen molar-refractivity contribution in [3.8, 4) is 0 Å². The predicted molar refractivity (Wildman–Crippen MR) is 117 cm³/mol. The second kappa shape index (κ2) is 9.71. The summed E-state index contributed by atoms with van der Waals surface area (Å²) >= 11 is 0. The van der Waals surface area contributed by atoms with Crippen LogP contribution in [0, 0.1) is 13.8 Å². The number of nitrogens with one attached hydrogen (secondary N) is 2. The molecular weight excluding hydrogens is 348 g/mol. The Morgan fingerprint density at radius 3 is 2.46 bits per heavy atom. The van der Waals surface area contributed by atoms with Crippen molar-refractivity contribution in [2.75, 3.05) is 51.6 Å². The Balaban J connectivity index is 1.54. The molecule has 2 aromatic rings. The molecule has 2 aromatic carbocycles. The van der Waals surface area contributed by atoms with Gasteiger partial charge in [-0.05, 0) is 63.2 Å². The number of rotatable bonds is 7. The standard InChI is InChI=1S/C23H32N4O/c1-18-8-6-11-21(19(18)2)25-22-10-5-4-9-20(22)23(28)24-12-7-13-27-16-14-26(3)15-17-27/h4-6,8-11,25H,7,12-17H2,1-3H3,(H,24,28). The third-order valence-electron chi connectivity index (χ3n) is 5.58. The van der Waals surface area contributed by atoms with E-state index in [0.717, 1.165) is 50.5 Å². The van der Waals surface area contributed by atoms with Gasteiger partial charge in [0.1, 0.15) is 0 Å². The summed E-state index contributed by atoms with van der Waals surface area (Å²) in [5, 5.41) is 6.52. The minimum atomic E-state index is -0.0215. The van der Waals surface area contributed by atoms with Crippen LogP contribution in [0.5, 0.6) is 0 Å². The van der Waals surface area contributed by atoms with Crippen LogP contribution in [0.1, 0.15) is 27.9 Å².